The van der Waals surface area contributed by atoms with E-state index in [9.17, 15) is 9.59 Å². The van der Waals surface area contributed by atoms with Gasteiger partial charge < -0.3 is 14.2 Å². The molecule has 4 aromatic carbocycles. The number of carbonyl (C=O) groups is 1. The van der Waals surface area contributed by atoms with E-state index >= 15 is 0 Å². The molecule has 6 rings (SSSR count). The number of hydrogen-bond donors (Lipinski definition) is 0. The number of benzene rings is 4. The largest absolute Gasteiger partial charge is 0.493 e. The maximum atomic E-state index is 14.2. The summed E-state index contributed by atoms with van der Waals surface area (Å²) in [5, 5.41) is 0.541. The summed E-state index contributed by atoms with van der Waals surface area (Å²) in [6, 6.07) is 27.5. The molecule has 0 amide bonds. The predicted octanol–water partition coefficient (Wildman–Crippen LogP) is 7.54. The Hall–Kier alpha value is -3.71. The van der Waals surface area contributed by atoms with Crippen molar-refractivity contribution in [1.82, 2.24) is 4.57 Å². The van der Waals surface area contributed by atoms with Crippen LogP contribution in [0.25, 0.3) is 11.8 Å². The molecule has 0 radical (unpaired) electrons. The van der Waals surface area contributed by atoms with E-state index in [0.717, 1.165) is 24.7 Å². The fourth-order valence-electron chi connectivity index (χ4n) is 5.25. The molecule has 0 aliphatic carbocycles. The zero-order chi connectivity index (χ0) is 33.1. The molecule has 0 bridgehead atoms. The molecule has 0 saturated carbocycles. The number of halogens is 3. The van der Waals surface area contributed by atoms with Gasteiger partial charge in [-0.3, -0.25) is 9.36 Å². The van der Waals surface area contributed by atoms with Crippen LogP contribution in [0.4, 0.5) is 0 Å². The van der Waals surface area contributed by atoms with Crippen LogP contribution in [0.3, 0.4) is 0 Å². The Bertz CT molecular complexity index is 2160. The van der Waals surface area contributed by atoms with Crippen molar-refractivity contribution in [2.75, 3.05) is 13.7 Å². The summed E-state index contributed by atoms with van der Waals surface area (Å²) < 4.78 is 21.2. The van der Waals surface area contributed by atoms with E-state index < -0.39 is 12.0 Å². The van der Waals surface area contributed by atoms with Gasteiger partial charge in [0.05, 0.1) is 39.1 Å². The van der Waals surface area contributed by atoms with Crippen molar-refractivity contribution >= 4 is 79.2 Å². The van der Waals surface area contributed by atoms with Crippen LogP contribution in [0.15, 0.2) is 111 Å². The van der Waals surface area contributed by atoms with Gasteiger partial charge in [0.25, 0.3) is 5.56 Å². The summed E-state index contributed by atoms with van der Waals surface area (Å²) in [6.45, 7) is 2.29. The van der Waals surface area contributed by atoms with Gasteiger partial charge in [0.1, 0.15) is 6.61 Å². The van der Waals surface area contributed by atoms with Crippen molar-refractivity contribution in [1.29, 1.82) is 0 Å². The fraction of sp³-hybridized carbons (Fsp3) is 0.139. The Morgan fingerprint density at radius 1 is 1.06 bits per heavy atom. The normalized spacial score (nSPS) is 14.4. The molecule has 2 heterocycles. The van der Waals surface area contributed by atoms with Gasteiger partial charge in [0.2, 0.25) is 0 Å². The highest BCUT2D eigenvalue weighted by atomic mass is 127. The van der Waals surface area contributed by atoms with Crippen molar-refractivity contribution in [2.24, 2.45) is 4.99 Å². The minimum Gasteiger partial charge on any atom is -0.493 e. The summed E-state index contributed by atoms with van der Waals surface area (Å²) in [7, 11) is 1.59. The second kappa shape index (κ2) is 14.6. The number of hydrogen-bond acceptors (Lipinski definition) is 7. The van der Waals surface area contributed by atoms with E-state index in [4.69, 9.17) is 30.8 Å². The molecule has 1 aliphatic rings. The Kier molecular flexibility index (Phi) is 10.3. The average molecular weight is 842 g/mol. The molecule has 1 aliphatic heterocycles. The highest BCUT2D eigenvalue weighted by Crippen LogP contribution is 2.37. The van der Waals surface area contributed by atoms with Crippen LogP contribution >= 0.6 is 61.5 Å². The zero-order valence-electron chi connectivity index (χ0n) is 25.2. The van der Waals surface area contributed by atoms with E-state index in [1.54, 1.807) is 30.7 Å². The highest BCUT2D eigenvalue weighted by Gasteiger charge is 2.35. The molecule has 1 aromatic heterocycles. The lowest BCUT2D eigenvalue weighted by molar-refractivity contribution is -0.138. The number of carbonyl (C=O) groups excluding carboxylic acids is 1. The van der Waals surface area contributed by atoms with Crippen LogP contribution in [-0.4, -0.2) is 24.3 Å². The summed E-state index contributed by atoms with van der Waals surface area (Å²) in [5.41, 5.74) is 3.67. The van der Waals surface area contributed by atoms with E-state index in [0.29, 0.717) is 43.7 Å². The monoisotopic (exact) mass is 840 g/mol. The van der Waals surface area contributed by atoms with Crippen molar-refractivity contribution in [2.45, 2.75) is 19.6 Å². The van der Waals surface area contributed by atoms with E-state index in [2.05, 4.69) is 38.5 Å². The summed E-state index contributed by atoms with van der Waals surface area (Å²) in [5.74, 6) is 0.620. The van der Waals surface area contributed by atoms with Crippen LogP contribution in [-0.2, 0) is 16.1 Å². The van der Waals surface area contributed by atoms with Crippen LogP contribution < -0.4 is 24.4 Å². The maximum absolute atomic E-state index is 14.2. The third kappa shape index (κ3) is 7.11. The van der Waals surface area contributed by atoms with E-state index in [1.807, 2.05) is 84.9 Å². The second-order valence-electron chi connectivity index (χ2n) is 10.4. The third-order valence-electron chi connectivity index (χ3n) is 7.41. The van der Waals surface area contributed by atoms with Crippen LogP contribution in [0, 0.1) is 3.57 Å². The van der Waals surface area contributed by atoms with Gasteiger partial charge in [-0.25, -0.2) is 9.79 Å². The minimum absolute atomic E-state index is 0.172. The lowest BCUT2D eigenvalue weighted by Gasteiger charge is -2.25. The molecule has 7 nitrogen and oxygen atoms in total. The minimum atomic E-state index is -0.788. The quantitative estimate of drug-likeness (QED) is 0.113. The highest BCUT2D eigenvalue weighted by molar-refractivity contribution is 14.1. The number of nitrogens with zero attached hydrogens (tertiary/aromatic N) is 2. The smallest absolute Gasteiger partial charge is 0.338 e. The van der Waals surface area contributed by atoms with Gasteiger partial charge in [0.15, 0.2) is 16.3 Å². The molecule has 11 heteroatoms. The van der Waals surface area contributed by atoms with Crippen molar-refractivity contribution in [3.63, 3.8) is 0 Å². The summed E-state index contributed by atoms with van der Waals surface area (Å²) in [4.78, 5) is 33.3. The lowest BCUT2D eigenvalue weighted by Crippen LogP contribution is -2.40. The average Bonchev–Trinajstić information content (AvgIpc) is 3.38. The molecule has 0 spiro atoms. The van der Waals surface area contributed by atoms with Crippen molar-refractivity contribution in [3.8, 4) is 11.5 Å². The fourth-order valence-corrected chi connectivity index (χ4v) is 7.42. The maximum Gasteiger partial charge on any atom is 0.338 e. The van der Waals surface area contributed by atoms with Crippen molar-refractivity contribution < 1.29 is 19.0 Å². The molecular weight excluding hydrogens is 815 g/mol. The standard InChI is InChI=1S/C36H27BrClIN2O5S/c1-3-45-35(43)30-31(23-7-5-4-6-8-23)40-36-41(32(30)24-11-15-26(38)16-12-24)34(42)29(47-36)19-22-17-27(39)33(28(18-22)44-2)46-20-21-9-13-25(37)14-10-21/h4-19,32H,3,20H2,1-2H3/b29-19-/t32-/m0/s1. The molecular formula is C36H27BrClIN2O5S. The third-order valence-corrected chi connectivity index (χ3v) is 9.97. The summed E-state index contributed by atoms with van der Waals surface area (Å²) >= 11 is 13.2. The van der Waals surface area contributed by atoms with E-state index in [1.165, 1.54) is 11.3 Å². The molecule has 5 aromatic rings. The zero-order valence-corrected chi connectivity index (χ0v) is 30.5. The van der Waals surface area contributed by atoms with Gasteiger partial charge in [-0.15, -0.1) is 0 Å². The first-order valence-electron chi connectivity index (χ1n) is 14.6. The van der Waals surface area contributed by atoms with Gasteiger partial charge in [-0.05, 0) is 88.7 Å². The lowest BCUT2D eigenvalue weighted by atomic mass is 9.93. The molecule has 238 valence electrons. The molecule has 0 fully saturated rings. The van der Waals surface area contributed by atoms with Crippen LogP contribution in [0.1, 0.15) is 35.2 Å². The molecule has 0 saturated heterocycles. The number of methoxy groups -OCH3 is 1. The second-order valence-corrected chi connectivity index (χ2v) is 14.0. The molecule has 0 unspecified atom stereocenters. The number of aromatic nitrogens is 1. The van der Waals surface area contributed by atoms with Crippen molar-refractivity contribution in [3.05, 3.63) is 152 Å². The van der Waals surface area contributed by atoms with Crippen LogP contribution in [0.5, 0.6) is 11.5 Å². The topological polar surface area (TPSA) is 79.1 Å². The Morgan fingerprint density at radius 3 is 2.47 bits per heavy atom. The Labute approximate surface area is 302 Å². The van der Waals surface area contributed by atoms with E-state index in [-0.39, 0.29) is 17.7 Å². The number of thiazole rings is 1. The van der Waals surface area contributed by atoms with Crippen LogP contribution in [0.2, 0.25) is 5.02 Å². The first-order chi connectivity index (χ1) is 22.8. The Morgan fingerprint density at radius 2 is 1.79 bits per heavy atom. The first-order valence-corrected chi connectivity index (χ1v) is 17.6. The number of fused-ring (bicyclic) bond motifs is 1. The molecule has 1 atom stereocenters. The van der Waals surface area contributed by atoms with Gasteiger partial charge >= 0.3 is 5.97 Å². The number of esters is 1. The first kappa shape index (κ1) is 33.2. The summed E-state index contributed by atoms with van der Waals surface area (Å²) in [6.07, 6.45) is 1.81. The number of ether oxygens (including phenoxy) is 3. The predicted molar refractivity (Wildman–Crippen MR) is 197 cm³/mol. The van der Waals surface area contributed by atoms with Gasteiger partial charge in [0, 0.05) is 15.1 Å². The molecule has 47 heavy (non-hydrogen) atoms. The van der Waals surface area contributed by atoms with Gasteiger partial charge in [-0.1, -0.05) is 93.5 Å². The Balaban J connectivity index is 1.48. The SMILES string of the molecule is CCOC(=O)C1=C(c2ccccc2)N=c2s/c(=C\c3cc(I)c(OCc4ccc(Br)cc4)c(OC)c3)c(=O)n2[C@H]1c1ccc(Cl)cc1. The molecule has 0 N–H and O–H groups in total. The number of rotatable bonds is 9. The van der Waals surface area contributed by atoms with Gasteiger partial charge in [-0.2, -0.15) is 0 Å².